The van der Waals surface area contributed by atoms with Crippen molar-refractivity contribution < 1.29 is 4.79 Å². The van der Waals surface area contributed by atoms with Crippen molar-refractivity contribution in [2.24, 2.45) is 17.6 Å². The Kier molecular flexibility index (Phi) is 5.51. The zero-order valence-electron chi connectivity index (χ0n) is 12.7. The summed E-state index contributed by atoms with van der Waals surface area (Å²) in [4.78, 5) is 11.1. The molecule has 5 nitrogen and oxygen atoms in total. The van der Waals surface area contributed by atoms with Crippen LogP contribution in [0, 0.1) is 11.8 Å². The van der Waals surface area contributed by atoms with E-state index in [0.29, 0.717) is 11.8 Å². The zero-order chi connectivity index (χ0) is 14.6. The number of aromatic nitrogens is 3. The molecule has 1 atom stereocenters. The third-order valence-electron chi connectivity index (χ3n) is 3.52. The molecule has 19 heavy (non-hydrogen) atoms. The number of hydrogen-bond acceptors (Lipinski definition) is 3. The molecule has 0 aromatic carbocycles. The van der Waals surface area contributed by atoms with Crippen molar-refractivity contribution in [3.05, 3.63) is 11.4 Å². The third-order valence-corrected chi connectivity index (χ3v) is 3.52. The molecule has 1 rings (SSSR count). The van der Waals surface area contributed by atoms with E-state index in [0.717, 1.165) is 24.2 Å². The molecule has 1 heterocycles. The number of nitrogens with zero attached hydrogens (tertiary/aromatic N) is 3. The van der Waals surface area contributed by atoms with Gasteiger partial charge in [-0.3, -0.25) is 4.79 Å². The Morgan fingerprint density at radius 1 is 1.26 bits per heavy atom. The Morgan fingerprint density at radius 3 is 2.37 bits per heavy atom. The number of primary amides is 1. The van der Waals surface area contributed by atoms with Crippen LogP contribution in [0.3, 0.4) is 0 Å². The van der Waals surface area contributed by atoms with Gasteiger partial charge in [0.05, 0.1) is 23.9 Å². The van der Waals surface area contributed by atoms with Gasteiger partial charge in [0.1, 0.15) is 0 Å². The minimum absolute atomic E-state index is 0.179. The normalized spacial score (nSPS) is 13.2. The molecule has 108 valence electrons. The summed E-state index contributed by atoms with van der Waals surface area (Å²) in [7, 11) is 0. The van der Waals surface area contributed by atoms with E-state index in [1.807, 2.05) is 4.68 Å². The van der Waals surface area contributed by atoms with E-state index in [1.54, 1.807) is 0 Å². The van der Waals surface area contributed by atoms with Gasteiger partial charge in [-0.2, -0.15) is 0 Å². The van der Waals surface area contributed by atoms with Crippen molar-refractivity contribution in [1.29, 1.82) is 0 Å². The van der Waals surface area contributed by atoms with Gasteiger partial charge in [0.25, 0.3) is 0 Å². The van der Waals surface area contributed by atoms with Gasteiger partial charge in [-0.05, 0) is 31.6 Å². The van der Waals surface area contributed by atoms with Crippen LogP contribution >= 0.6 is 0 Å². The second-order valence-corrected chi connectivity index (χ2v) is 5.99. The number of carbonyl (C=O) groups is 1. The molecule has 0 aliphatic rings. The molecule has 0 aliphatic heterocycles. The fourth-order valence-corrected chi connectivity index (χ4v) is 1.94. The molecule has 1 amide bonds. The molecule has 0 saturated carbocycles. The summed E-state index contributed by atoms with van der Waals surface area (Å²) in [5, 5.41) is 8.38. The van der Waals surface area contributed by atoms with Crippen LogP contribution < -0.4 is 5.73 Å². The molecule has 1 aromatic heterocycles. The predicted octanol–water partition coefficient (Wildman–Crippen LogP) is 2.11. The highest BCUT2D eigenvalue weighted by atomic mass is 16.1. The van der Waals surface area contributed by atoms with E-state index in [-0.39, 0.29) is 18.4 Å². The first-order valence-corrected chi connectivity index (χ1v) is 7.04. The standard InChI is InChI=1S/C14H26N4O/c1-9(2)6-7-13-12(8-14(15)19)16-17-18(13)11(5)10(3)4/h9-11H,6-8H2,1-5H3,(H2,15,19). The Bertz CT molecular complexity index is 423. The lowest BCUT2D eigenvalue weighted by molar-refractivity contribution is -0.117. The van der Waals surface area contributed by atoms with E-state index in [9.17, 15) is 4.79 Å². The van der Waals surface area contributed by atoms with Crippen molar-refractivity contribution >= 4 is 5.91 Å². The van der Waals surface area contributed by atoms with Gasteiger partial charge in [0.15, 0.2) is 0 Å². The van der Waals surface area contributed by atoms with Crippen LogP contribution in [0.5, 0.6) is 0 Å². The smallest absolute Gasteiger partial charge is 0.223 e. The van der Waals surface area contributed by atoms with Gasteiger partial charge in [0.2, 0.25) is 5.91 Å². The third kappa shape index (κ3) is 4.33. The molecule has 0 spiro atoms. The maximum absolute atomic E-state index is 11.1. The number of hydrogen-bond donors (Lipinski definition) is 1. The van der Waals surface area contributed by atoms with Crippen molar-refractivity contribution in [3.8, 4) is 0 Å². The molecule has 0 bridgehead atoms. The summed E-state index contributed by atoms with van der Waals surface area (Å²) in [5.41, 5.74) is 7.08. The highest BCUT2D eigenvalue weighted by molar-refractivity contribution is 5.76. The monoisotopic (exact) mass is 266 g/mol. The van der Waals surface area contributed by atoms with Crippen molar-refractivity contribution in [2.75, 3.05) is 0 Å². The number of amides is 1. The van der Waals surface area contributed by atoms with E-state index in [4.69, 9.17) is 5.73 Å². The minimum Gasteiger partial charge on any atom is -0.369 e. The molecule has 1 unspecified atom stereocenters. The summed E-state index contributed by atoms with van der Waals surface area (Å²) in [5.74, 6) is 0.732. The second-order valence-electron chi connectivity index (χ2n) is 5.99. The highest BCUT2D eigenvalue weighted by Crippen LogP contribution is 2.21. The molecule has 0 radical (unpaired) electrons. The number of rotatable bonds is 7. The topological polar surface area (TPSA) is 73.8 Å². The molecular formula is C14H26N4O. The maximum atomic E-state index is 11.1. The molecule has 0 aliphatic carbocycles. The van der Waals surface area contributed by atoms with Gasteiger partial charge < -0.3 is 5.73 Å². The van der Waals surface area contributed by atoms with Gasteiger partial charge in [-0.1, -0.05) is 32.9 Å². The van der Waals surface area contributed by atoms with Gasteiger partial charge in [-0.15, -0.1) is 5.10 Å². The SMILES string of the molecule is CC(C)CCc1c(CC(N)=O)nnn1C(C)C(C)C. The fourth-order valence-electron chi connectivity index (χ4n) is 1.94. The van der Waals surface area contributed by atoms with E-state index < -0.39 is 0 Å². The van der Waals surface area contributed by atoms with Crippen molar-refractivity contribution in [2.45, 2.75) is 59.9 Å². The predicted molar refractivity (Wildman–Crippen MR) is 75.6 cm³/mol. The molecule has 0 fully saturated rings. The number of nitrogens with two attached hydrogens (primary N) is 1. The van der Waals surface area contributed by atoms with Crippen LogP contribution in [0.15, 0.2) is 0 Å². The Balaban J connectivity index is 3.02. The van der Waals surface area contributed by atoms with E-state index in [2.05, 4.69) is 44.9 Å². The van der Waals surface area contributed by atoms with Crippen LogP contribution in [-0.2, 0) is 17.6 Å². The second kappa shape index (κ2) is 6.68. The summed E-state index contributed by atoms with van der Waals surface area (Å²) in [6.07, 6.45) is 2.13. The molecule has 1 aromatic rings. The fraction of sp³-hybridized carbons (Fsp3) is 0.786. The van der Waals surface area contributed by atoms with Gasteiger partial charge >= 0.3 is 0 Å². The highest BCUT2D eigenvalue weighted by Gasteiger charge is 2.20. The quantitative estimate of drug-likeness (QED) is 0.821. The van der Waals surface area contributed by atoms with Crippen LogP contribution in [0.25, 0.3) is 0 Å². The molecule has 0 saturated heterocycles. The number of carbonyl (C=O) groups excluding carboxylic acids is 1. The first kappa shape index (κ1) is 15.7. The maximum Gasteiger partial charge on any atom is 0.223 e. The lowest BCUT2D eigenvalue weighted by Crippen LogP contribution is -2.18. The minimum atomic E-state index is -0.352. The zero-order valence-corrected chi connectivity index (χ0v) is 12.7. The molecule has 5 heteroatoms. The van der Waals surface area contributed by atoms with Crippen molar-refractivity contribution in [3.63, 3.8) is 0 Å². The first-order chi connectivity index (χ1) is 8.82. The van der Waals surface area contributed by atoms with Crippen LogP contribution in [0.1, 0.15) is 58.5 Å². The largest absolute Gasteiger partial charge is 0.369 e. The summed E-state index contributed by atoms with van der Waals surface area (Å²) in [6.45, 7) is 10.8. The average molecular weight is 266 g/mol. The molecular weight excluding hydrogens is 240 g/mol. The van der Waals surface area contributed by atoms with Crippen molar-refractivity contribution in [1.82, 2.24) is 15.0 Å². The van der Waals surface area contributed by atoms with E-state index in [1.165, 1.54) is 0 Å². The molecule has 2 N–H and O–H groups in total. The Labute approximate surface area is 115 Å². The Hall–Kier alpha value is -1.39. The first-order valence-electron chi connectivity index (χ1n) is 7.04. The average Bonchev–Trinajstić information content (AvgIpc) is 2.67. The lowest BCUT2D eigenvalue weighted by Gasteiger charge is -2.19. The summed E-state index contributed by atoms with van der Waals surface area (Å²) < 4.78 is 1.96. The van der Waals surface area contributed by atoms with Crippen LogP contribution in [-0.4, -0.2) is 20.9 Å². The van der Waals surface area contributed by atoms with Gasteiger partial charge in [0, 0.05) is 0 Å². The summed E-state index contributed by atoms with van der Waals surface area (Å²) >= 11 is 0. The van der Waals surface area contributed by atoms with Crippen LogP contribution in [0.2, 0.25) is 0 Å². The van der Waals surface area contributed by atoms with Crippen LogP contribution in [0.4, 0.5) is 0 Å². The lowest BCUT2D eigenvalue weighted by atomic mass is 10.0. The summed E-state index contributed by atoms with van der Waals surface area (Å²) in [6, 6.07) is 0.274. The van der Waals surface area contributed by atoms with E-state index >= 15 is 0 Å². The van der Waals surface area contributed by atoms with Gasteiger partial charge in [-0.25, -0.2) is 4.68 Å². The Morgan fingerprint density at radius 2 is 1.89 bits per heavy atom.